The summed E-state index contributed by atoms with van der Waals surface area (Å²) in [6.07, 6.45) is 14.5. The van der Waals surface area contributed by atoms with Gasteiger partial charge in [-0.1, -0.05) is 155 Å². The molecule has 0 saturated carbocycles. The van der Waals surface area contributed by atoms with Crippen LogP contribution in [0, 0.1) is 0 Å². The molecule has 0 amide bonds. The summed E-state index contributed by atoms with van der Waals surface area (Å²) in [6, 6.07) is 7.82. The summed E-state index contributed by atoms with van der Waals surface area (Å²) in [5.74, 6) is 1.78. The topological polar surface area (TPSA) is 106 Å². The molecule has 51 heavy (non-hydrogen) atoms. The monoisotopic (exact) mass is 729 g/mol. The second kappa shape index (κ2) is 21.8. The van der Waals surface area contributed by atoms with E-state index in [0.717, 1.165) is 33.4 Å². The van der Waals surface area contributed by atoms with E-state index >= 15 is 0 Å². The summed E-state index contributed by atoms with van der Waals surface area (Å²) >= 11 is 0. The zero-order valence-corrected chi connectivity index (χ0v) is 32.6. The minimum atomic E-state index is 0. The molecule has 0 saturated heterocycles. The van der Waals surface area contributed by atoms with E-state index in [9.17, 15) is 0 Å². The van der Waals surface area contributed by atoms with Crippen LogP contribution in [0.1, 0.15) is 103 Å². The minimum Gasteiger partial charge on any atom is -0.357 e. The fourth-order valence-electron chi connectivity index (χ4n) is 5.03. The van der Waals surface area contributed by atoms with Gasteiger partial charge in [0.25, 0.3) is 0 Å². The van der Waals surface area contributed by atoms with Crippen LogP contribution in [0.3, 0.4) is 0 Å². The van der Waals surface area contributed by atoms with Crippen molar-refractivity contribution in [2.45, 2.75) is 69.2 Å². The maximum absolute atomic E-state index is 4.92. The molecule has 0 N–H and O–H groups in total. The van der Waals surface area contributed by atoms with E-state index in [1.807, 2.05) is 118 Å². The molecule has 0 fully saturated rings. The van der Waals surface area contributed by atoms with Gasteiger partial charge in [0.05, 0.1) is 23.3 Å². The summed E-state index contributed by atoms with van der Waals surface area (Å²) < 4.78 is 0. The Labute approximate surface area is 314 Å². The number of hydrogen-bond acceptors (Lipinski definition) is 6. The average molecular weight is 730 g/mol. The molecular formula is C42H50CuN8. The van der Waals surface area contributed by atoms with Crippen LogP contribution in [0.5, 0.6) is 0 Å². The van der Waals surface area contributed by atoms with E-state index in [0.29, 0.717) is 57.0 Å². The van der Waals surface area contributed by atoms with Crippen LogP contribution in [-0.4, -0.2) is 29.9 Å². The quantitative estimate of drug-likeness (QED) is 0.159. The van der Waals surface area contributed by atoms with Crippen LogP contribution in [0.15, 0.2) is 74.9 Å². The standard InChI is InChI=1S/C34H26N8.4C2H6.Cu/c1-7-15-23-22(12-6)30-39-31(23)37-28-20(10-4)19(9-3)27(35-28)36-29-21(11-5)24(16-8-2)32(38-29)41-34-26-18-14-13-17-25(26)33(40-30)42-34;4*1-2;/h7-18H,3-6H2,1-2H3;4*1-2H3;/q-2;;;;;+2/b15-7-,16-8-;;;;;. The SMILES string of the molecule is C=CC1=C(C=C)c2nc1nc1[n-]c(nc3nc(nc4[n-]c(n2)c(/C=C\C)c4C=C)-c2ccccc2-3)c(/C=C\C)c1C=C.CC.CC.CC.CC.[Cu+2]. The molecule has 0 aliphatic carbocycles. The summed E-state index contributed by atoms with van der Waals surface area (Å²) in [5.41, 5.74) is 7.78. The Hall–Kier alpha value is -5.24. The summed E-state index contributed by atoms with van der Waals surface area (Å²) in [4.78, 5) is 38.8. The van der Waals surface area contributed by atoms with E-state index in [1.54, 1.807) is 24.3 Å². The van der Waals surface area contributed by atoms with Gasteiger partial charge in [-0.2, -0.15) is 0 Å². The van der Waals surface area contributed by atoms with Crippen LogP contribution < -0.4 is 9.97 Å². The minimum absolute atomic E-state index is 0. The Balaban J connectivity index is 0.00000135. The van der Waals surface area contributed by atoms with E-state index in [4.69, 9.17) is 39.9 Å². The Morgan fingerprint density at radius 3 is 1.08 bits per heavy atom. The Morgan fingerprint density at radius 1 is 0.451 bits per heavy atom. The van der Waals surface area contributed by atoms with Crippen LogP contribution >= 0.6 is 0 Å². The predicted octanol–water partition coefficient (Wildman–Crippen LogP) is 11.2. The number of allylic oxidation sites excluding steroid dienone is 6. The van der Waals surface area contributed by atoms with Gasteiger partial charge in [-0.15, -0.1) is 0 Å². The van der Waals surface area contributed by atoms with Gasteiger partial charge in [0.2, 0.25) is 0 Å². The first kappa shape index (κ1) is 43.8. The number of nitrogens with zero attached hydrogens (tertiary/aromatic N) is 8. The van der Waals surface area contributed by atoms with Crippen LogP contribution in [0.2, 0.25) is 0 Å². The molecule has 1 radical (unpaired) electrons. The van der Waals surface area contributed by atoms with Gasteiger partial charge in [-0.3, -0.25) is 0 Å². The molecule has 269 valence electrons. The number of hydrogen-bond donors (Lipinski definition) is 0. The van der Waals surface area contributed by atoms with E-state index in [-0.39, 0.29) is 17.1 Å². The molecule has 2 aliphatic heterocycles. The summed E-state index contributed by atoms with van der Waals surface area (Å²) in [6.45, 7) is 35.9. The van der Waals surface area contributed by atoms with Crippen molar-refractivity contribution in [3.63, 3.8) is 0 Å². The smallest absolute Gasteiger partial charge is 0.357 e. The third-order valence-electron chi connectivity index (χ3n) is 6.90. The average Bonchev–Trinajstić information content (AvgIpc) is 3.89. The Morgan fingerprint density at radius 2 is 0.765 bits per heavy atom. The maximum Gasteiger partial charge on any atom is 2.00 e. The van der Waals surface area contributed by atoms with Gasteiger partial charge >= 0.3 is 17.1 Å². The van der Waals surface area contributed by atoms with Crippen LogP contribution in [-0.2, 0) is 17.1 Å². The van der Waals surface area contributed by atoms with Crippen LogP contribution in [0.4, 0.5) is 0 Å². The number of aromatic nitrogens is 8. The van der Waals surface area contributed by atoms with Gasteiger partial charge in [0, 0.05) is 44.9 Å². The number of benzene rings is 1. The van der Waals surface area contributed by atoms with Crippen molar-refractivity contribution in [3.05, 3.63) is 109 Å². The molecule has 1 aromatic carbocycles. The molecule has 0 atom stereocenters. The molecule has 5 heterocycles. The molecule has 6 rings (SSSR count). The summed E-state index contributed by atoms with van der Waals surface area (Å²) in [7, 11) is 0. The fourth-order valence-corrected chi connectivity index (χ4v) is 5.03. The fraction of sp³-hybridized carbons (Fsp3) is 0.238. The van der Waals surface area contributed by atoms with Gasteiger partial charge in [-0.25, -0.2) is 9.97 Å². The first-order valence-electron chi connectivity index (χ1n) is 17.3. The van der Waals surface area contributed by atoms with Gasteiger partial charge in [-0.05, 0) is 36.1 Å². The molecule has 8 bridgehead atoms. The van der Waals surface area contributed by atoms with Crippen molar-refractivity contribution < 1.29 is 17.1 Å². The van der Waals surface area contributed by atoms with E-state index in [2.05, 4.69) is 26.3 Å². The van der Waals surface area contributed by atoms with Gasteiger partial charge < -0.3 is 29.9 Å². The molecule has 8 nitrogen and oxygen atoms in total. The third kappa shape index (κ3) is 8.92. The van der Waals surface area contributed by atoms with E-state index in [1.165, 1.54) is 0 Å². The molecule has 4 aromatic rings. The van der Waals surface area contributed by atoms with E-state index < -0.39 is 0 Å². The molecule has 2 aliphatic rings. The van der Waals surface area contributed by atoms with Crippen molar-refractivity contribution in [3.8, 4) is 22.8 Å². The van der Waals surface area contributed by atoms with Gasteiger partial charge in [0.15, 0.2) is 0 Å². The molecule has 0 unspecified atom stereocenters. The third-order valence-corrected chi connectivity index (χ3v) is 6.90. The summed E-state index contributed by atoms with van der Waals surface area (Å²) in [5, 5.41) is 0. The van der Waals surface area contributed by atoms with Gasteiger partial charge in [0.1, 0.15) is 0 Å². The van der Waals surface area contributed by atoms with Crippen molar-refractivity contribution in [2.75, 3.05) is 0 Å². The first-order chi connectivity index (χ1) is 24.5. The second-order valence-electron chi connectivity index (χ2n) is 9.33. The van der Waals surface area contributed by atoms with Crippen molar-refractivity contribution >= 4 is 58.0 Å². The Kier molecular flexibility index (Phi) is 18.7. The van der Waals surface area contributed by atoms with Crippen molar-refractivity contribution in [1.82, 2.24) is 39.9 Å². The van der Waals surface area contributed by atoms with Crippen molar-refractivity contribution in [2.24, 2.45) is 0 Å². The first-order valence-corrected chi connectivity index (χ1v) is 17.3. The number of fused-ring (bicyclic) bond motifs is 11. The van der Waals surface area contributed by atoms with Crippen molar-refractivity contribution in [1.29, 1.82) is 0 Å². The molecule has 0 spiro atoms. The molecule has 9 heteroatoms. The molecule has 3 aromatic heterocycles. The normalized spacial score (nSPS) is 10.9. The Bertz CT molecular complexity index is 2090. The zero-order valence-electron chi connectivity index (χ0n) is 31.6. The largest absolute Gasteiger partial charge is 2.00 e. The maximum atomic E-state index is 4.92. The molecular weight excluding hydrogens is 680 g/mol. The second-order valence-corrected chi connectivity index (χ2v) is 9.33. The predicted molar refractivity (Wildman–Crippen MR) is 217 cm³/mol. The van der Waals surface area contributed by atoms with Crippen LogP contribution in [0.25, 0.3) is 80.8 Å². The zero-order chi connectivity index (χ0) is 37.4. The number of rotatable bonds is 6.